The molecule has 26 heavy (non-hydrogen) atoms. The maximum atomic E-state index is 13.1. The number of benzene rings is 2. The van der Waals surface area contributed by atoms with E-state index in [0.29, 0.717) is 5.69 Å². The highest BCUT2D eigenvalue weighted by atomic mass is 19.4. The van der Waals surface area contributed by atoms with E-state index in [1.165, 1.54) is 11.6 Å². The second kappa shape index (κ2) is 7.79. The van der Waals surface area contributed by atoms with E-state index in [1.807, 2.05) is 18.2 Å². The Balaban J connectivity index is 1.59. The minimum atomic E-state index is -4.53. The number of piperidine rings is 1. The number of alkyl halides is 3. The Morgan fingerprint density at radius 1 is 1.08 bits per heavy atom. The van der Waals surface area contributed by atoms with Crippen LogP contribution in [0, 0.1) is 11.3 Å². The minimum absolute atomic E-state index is 0.135. The molecule has 0 aromatic heterocycles. The molecule has 2 aromatic rings. The van der Waals surface area contributed by atoms with Gasteiger partial charge < -0.3 is 5.32 Å². The standard InChI is InChI=1S/C20H20F3N3/c21-20(22,23)19-12-18(7-6-16(19)13-24)25-17-8-10-26(11-9-17)14-15-4-2-1-3-5-15/h1-7,12,17,25H,8-11,14H2. The molecule has 1 N–H and O–H groups in total. The van der Waals surface area contributed by atoms with Crippen LogP contribution in [0.4, 0.5) is 18.9 Å². The predicted molar refractivity (Wildman–Crippen MR) is 94.5 cm³/mol. The summed E-state index contributed by atoms with van der Waals surface area (Å²) in [5.41, 5.74) is 0.450. The summed E-state index contributed by atoms with van der Waals surface area (Å²) < 4.78 is 39.2. The fraction of sp³-hybridized carbons (Fsp3) is 0.350. The number of rotatable bonds is 4. The highest BCUT2D eigenvalue weighted by molar-refractivity contribution is 5.53. The summed E-state index contributed by atoms with van der Waals surface area (Å²) in [5.74, 6) is 0. The summed E-state index contributed by atoms with van der Waals surface area (Å²) in [6, 6.07) is 15.8. The first-order chi connectivity index (χ1) is 12.5. The Labute approximate surface area is 151 Å². The van der Waals surface area contributed by atoms with Crippen molar-refractivity contribution in [3.8, 4) is 6.07 Å². The van der Waals surface area contributed by atoms with Crippen LogP contribution in [-0.4, -0.2) is 24.0 Å². The molecule has 0 unspecified atom stereocenters. The van der Waals surface area contributed by atoms with Crippen LogP contribution < -0.4 is 5.32 Å². The van der Waals surface area contributed by atoms with Crippen LogP contribution in [0.15, 0.2) is 48.5 Å². The molecule has 3 nitrogen and oxygen atoms in total. The van der Waals surface area contributed by atoms with Crippen LogP contribution in [-0.2, 0) is 12.7 Å². The van der Waals surface area contributed by atoms with Crippen molar-refractivity contribution < 1.29 is 13.2 Å². The van der Waals surface area contributed by atoms with Crippen LogP contribution >= 0.6 is 0 Å². The van der Waals surface area contributed by atoms with Crippen molar-refractivity contribution in [2.45, 2.75) is 31.6 Å². The van der Waals surface area contributed by atoms with Gasteiger partial charge in [-0.3, -0.25) is 4.90 Å². The summed E-state index contributed by atoms with van der Waals surface area (Å²) in [7, 11) is 0. The molecule has 0 aliphatic carbocycles. The molecular weight excluding hydrogens is 339 g/mol. The SMILES string of the molecule is N#Cc1ccc(NC2CCN(Cc3ccccc3)CC2)cc1C(F)(F)F. The minimum Gasteiger partial charge on any atom is -0.382 e. The van der Waals surface area contributed by atoms with Gasteiger partial charge in [0.2, 0.25) is 0 Å². The van der Waals surface area contributed by atoms with Crippen LogP contribution in [0.3, 0.4) is 0 Å². The largest absolute Gasteiger partial charge is 0.417 e. The van der Waals surface area contributed by atoms with Crippen molar-refractivity contribution in [3.63, 3.8) is 0 Å². The molecule has 1 aliphatic heterocycles. The summed E-state index contributed by atoms with van der Waals surface area (Å²) >= 11 is 0. The molecule has 2 aromatic carbocycles. The van der Waals surface area contributed by atoms with Gasteiger partial charge in [-0.1, -0.05) is 30.3 Å². The van der Waals surface area contributed by atoms with Gasteiger partial charge in [-0.05, 0) is 36.6 Å². The van der Waals surface area contributed by atoms with E-state index in [2.05, 4.69) is 22.3 Å². The quantitative estimate of drug-likeness (QED) is 0.863. The average molecular weight is 359 g/mol. The fourth-order valence-electron chi connectivity index (χ4n) is 3.28. The second-order valence-corrected chi connectivity index (χ2v) is 6.55. The van der Waals surface area contributed by atoms with E-state index < -0.39 is 11.7 Å². The van der Waals surface area contributed by atoms with Crippen molar-refractivity contribution in [3.05, 3.63) is 65.2 Å². The highest BCUT2D eigenvalue weighted by Crippen LogP contribution is 2.34. The molecule has 0 radical (unpaired) electrons. The van der Waals surface area contributed by atoms with Gasteiger partial charge in [-0.25, -0.2) is 0 Å². The van der Waals surface area contributed by atoms with Gasteiger partial charge in [0.25, 0.3) is 0 Å². The Kier molecular flexibility index (Phi) is 5.48. The van der Waals surface area contributed by atoms with Crippen molar-refractivity contribution in [2.24, 2.45) is 0 Å². The molecular formula is C20H20F3N3. The van der Waals surface area contributed by atoms with E-state index in [-0.39, 0.29) is 11.6 Å². The Bertz CT molecular complexity index is 773. The summed E-state index contributed by atoms with van der Waals surface area (Å²) in [5, 5.41) is 12.1. The van der Waals surface area contributed by atoms with Crippen LogP contribution in [0.5, 0.6) is 0 Å². The normalized spacial score (nSPS) is 16.2. The summed E-state index contributed by atoms with van der Waals surface area (Å²) in [6.45, 7) is 2.69. The van der Waals surface area contributed by atoms with Crippen molar-refractivity contribution >= 4 is 5.69 Å². The molecule has 0 spiro atoms. The molecule has 6 heteroatoms. The fourth-order valence-corrected chi connectivity index (χ4v) is 3.28. The van der Waals surface area contributed by atoms with Crippen LogP contribution in [0.1, 0.15) is 29.5 Å². The van der Waals surface area contributed by atoms with Gasteiger partial charge in [0, 0.05) is 31.4 Å². The van der Waals surface area contributed by atoms with Gasteiger partial charge in [0.05, 0.1) is 17.2 Å². The van der Waals surface area contributed by atoms with E-state index in [9.17, 15) is 13.2 Å². The number of likely N-dealkylation sites (tertiary alicyclic amines) is 1. The maximum Gasteiger partial charge on any atom is 0.417 e. The zero-order chi connectivity index (χ0) is 18.6. The number of anilines is 1. The maximum absolute atomic E-state index is 13.1. The molecule has 1 saturated heterocycles. The molecule has 0 atom stereocenters. The zero-order valence-corrected chi connectivity index (χ0v) is 14.3. The Morgan fingerprint density at radius 2 is 1.77 bits per heavy atom. The lowest BCUT2D eigenvalue weighted by atomic mass is 10.0. The number of nitrogens with one attached hydrogen (secondary N) is 1. The third-order valence-corrected chi connectivity index (χ3v) is 4.65. The molecule has 1 heterocycles. The van der Waals surface area contributed by atoms with Crippen LogP contribution in [0.25, 0.3) is 0 Å². The molecule has 136 valence electrons. The molecule has 0 saturated carbocycles. The first-order valence-electron chi connectivity index (χ1n) is 8.60. The average Bonchev–Trinajstić information content (AvgIpc) is 2.63. The zero-order valence-electron chi connectivity index (χ0n) is 14.3. The number of nitrogens with zero attached hydrogens (tertiary/aromatic N) is 2. The monoisotopic (exact) mass is 359 g/mol. The van der Waals surface area contributed by atoms with Crippen LogP contribution in [0.2, 0.25) is 0 Å². The van der Waals surface area contributed by atoms with E-state index >= 15 is 0 Å². The van der Waals surface area contributed by atoms with E-state index in [4.69, 9.17) is 5.26 Å². The summed E-state index contributed by atoms with van der Waals surface area (Å²) in [4.78, 5) is 2.35. The molecule has 1 fully saturated rings. The Morgan fingerprint density at radius 3 is 2.38 bits per heavy atom. The number of hydrogen-bond donors (Lipinski definition) is 1. The lowest BCUT2D eigenvalue weighted by Crippen LogP contribution is -2.38. The van der Waals surface area contributed by atoms with E-state index in [0.717, 1.165) is 38.5 Å². The van der Waals surface area contributed by atoms with Gasteiger partial charge in [0.15, 0.2) is 0 Å². The van der Waals surface area contributed by atoms with Gasteiger partial charge in [0.1, 0.15) is 0 Å². The van der Waals surface area contributed by atoms with Crippen molar-refractivity contribution in [1.29, 1.82) is 5.26 Å². The topological polar surface area (TPSA) is 39.1 Å². The van der Waals surface area contributed by atoms with Crippen molar-refractivity contribution in [1.82, 2.24) is 4.90 Å². The number of nitriles is 1. The number of halogens is 3. The Hall–Kier alpha value is -2.52. The second-order valence-electron chi connectivity index (χ2n) is 6.55. The first-order valence-corrected chi connectivity index (χ1v) is 8.60. The highest BCUT2D eigenvalue weighted by Gasteiger charge is 2.34. The van der Waals surface area contributed by atoms with E-state index in [1.54, 1.807) is 12.1 Å². The lowest BCUT2D eigenvalue weighted by molar-refractivity contribution is -0.137. The molecule has 0 bridgehead atoms. The third kappa shape index (κ3) is 4.55. The lowest BCUT2D eigenvalue weighted by Gasteiger charge is -2.33. The molecule has 3 rings (SSSR count). The number of hydrogen-bond acceptors (Lipinski definition) is 3. The third-order valence-electron chi connectivity index (χ3n) is 4.65. The first kappa shape index (κ1) is 18.3. The molecule has 0 amide bonds. The predicted octanol–water partition coefficient (Wildman–Crippen LogP) is 4.65. The summed E-state index contributed by atoms with van der Waals surface area (Å²) in [6.07, 6.45) is -2.79. The van der Waals surface area contributed by atoms with Crippen molar-refractivity contribution in [2.75, 3.05) is 18.4 Å². The van der Waals surface area contributed by atoms with Gasteiger partial charge in [-0.2, -0.15) is 18.4 Å². The van der Waals surface area contributed by atoms with Gasteiger partial charge >= 0.3 is 6.18 Å². The smallest absolute Gasteiger partial charge is 0.382 e. The van der Waals surface area contributed by atoms with Gasteiger partial charge in [-0.15, -0.1) is 0 Å². The molecule has 1 aliphatic rings.